The van der Waals surface area contributed by atoms with Gasteiger partial charge >= 0.3 is 0 Å². The lowest BCUT2D eigenvalue weighted by Gasteiger charge is -2.28. The van der Waals surface area contributed by atoms with Crippen LogP contribution < -0.4 is 10.1 Å². The second-order valence-corrected chi connectivity index (χ2v) is 6.13. The molecule has 5 heteroatoms. The van der Waals surface area contributed by atoms with E-state index in [0.29, 0.717) is 6.54 Å². The summed E-state index contributed by atoms with van der Waals surface area (Å²) in [5.41, 5.74) is 1.81. The number of hydrogen-bond donors (Lipinski definition) is 2. The largest absolute Gasteiger partial charge is 0.497 e. The molecule has 122 valence electrons. The summed E-state index contributed by atoms with van der Waals surface area (Å²) in [6.07, 6.45) is 8.47. The molecule has 0 aliphatic heterocycles. The minimum atomic E-state index is -0.386. The van der Waals surface area contributed by atoms with Crippen molar-refractivity contribution in [2.45, 2.75) is 37.5 Å². The van der Waals surface area contributed by atoms with Crippen molar-refractivity contribution in [3.8, 4) is 5.75 Å². The van der Waals surface area contributed by atoms with Gasteiger partial charge in [-0.25, -0.2) is 0 Å². The Morgan fingerprint density at radius 3 is 2.65 bits per heavy atom. The molecule has 2 aromatic rings. The van der Waals surface area contributed by atoms with Crippen molar-refractivity contribution in [3.05, 3.63) is 47.8 Å². The van der Waals surface area contributed by atoms with Crippen LogP contribution in [0.15, 0.2) is 36.7 Å². The van der Waals surface area contributed by atoms with E-state index >= 15 is 0 Å². The Morgan fingerprint density at radius 2 is 2.04 bits per heavy atom. The fourth-order valence-corrected chi connectivity index (χ4v) is 3.44. The number of H-pyrrole nitrogens is 1. The van der Waals surface area contributed by atoms with Gasteiger partial charge in [0.05, 0.1) is 18.7 Å². The quantitative estimate of drug-likeness (QED) is 0.861. The summed E-state index contributed by atoms with van der Waals surface area (Å²) in [7, 11) is 1.66. The molecular weight excluding hydrogens is 290 g/mol. The molecule has 0 saturated heterocycles. The van der Waals surface area contributed by atoms with Crippen LogP contribution in [0.25, 0.3) is 0 Å². The number of benzene rings is 1. The molecule has 1 aliphatic rings. The molecule has 5 nitrogen and oxygen atoms in total. The van der Waals surface area contributed by atoms with E-state index in [0.717, 1.165) is 49.0 Å². The van der Waals surface area contributed by atoms with E-state index in [-0.39, 0.29) is 11.3 Å². The highest BCUT2D eigenvalue weighted by Crippen LogP contribution is 2.41. The molecule has 1 aromatic carbocycles. The smallest absolute Gasteiger partial charge is 0.230 e. The van der Waals surface area contributed by atoms with E-state index in [9.17, 15) is 4.79 Å². The molecule has 2 N–H and O–H groups in total. The minimum Gasteiger partial charge on any atom is -0.497 e. The Hall–Kier alpha value is -2.30. The highest BCUT2D eigenvalue weighted by atomic mass is 16.5. The number of aromatic amines is 1. The molecule has 1 amide bonds. The van der Waals surface area contributed by atoms with Gasteiger partial charge in [-0.05, 0) is 42.5 Å². The van der Waals surface area contributed by atoms with Gasteiger partial charge in [-0.1, -0.05) is 25.0 Å². The second-order valence-electron chi connectivity index (χ2n) is 6.13. The Kier molecular flexibility index (Phi) is 4.65. The maximum absolute atomic E-state index is 12.9. The van der Waals surface area contributed by atoms with Crippen molar-refractivity contribution in [2.75, 3.05) is 13.7 Å². The van der Waals surface area contributed by atoms with Gasteiger partial charge < -0.3 is 10.1 Å². The molecule has 0 spiro atoms. The van der Waals surface area contributed by atoms with E-state index < -0.39 is 0 Å². The summed E-state index contributed by atoms with van der Waals surface area (Å²) >= 11 is 0. The summed E-state index contributed by atoms with van der Waals surface area (Å²) in [4.78, 5) is 12.9. The van der Waals surface area contributed by atoms with E-state index in [4.69, 9.17) is 4.74 Å². The van der Waals surface area contributed by atoms with Gasteiger partial charge in [0.2, 0.25) is 5.91 Å². The molecule has 1 fully saturated rings. The number of rotatable bonds is 6. The van der Waals surface area contributed by atoms with Crippen LogP contribution in [0.5, 0.6) is 5.75 Å². The topological polar surface area (TPSA) is 67.0 Å². The third-order valence-corrected chi connectivity index (χ3v) is 4.79. The molecule has 23 heavy (non-hydrogen) atoms. The predicted octanol–water partition coefficient (Wildman–Crippen LogP) is 2.59. The molecular formula is C18H23N3O2. The zero-order valence-corrected chi connectivity index (χ0v) is 13.5. The van der Waals surface area contributed by atoms with Crippen LogP contribution in [0.1, 0.15) is 36.8 Å². The first kappa shape index (κ1) is 15.6. The molecule has 3 rings (SSSR count). The first-order valence-electron chi connectivity index (χ1n) is 8.15. The maximum Gasteiger partial charge on any atom is 0.230 e. The monoisotopic (exact) mass is 313 g/mol. The number of carbonyl (C=O) groups is 1. The lowest BCUT2D eigenvalue weighted by molar-refractivity contribution is -0.126. The Balaban J connectivity index is 1.70. The van der Waals surface area contributed by atoms with Crippen molar-refractivity contribution in [3.63, 3.8) is 0 Å². The number of methoxy groups -OCH3 is 1. The zero-order valence-electron chi connectivity index (χ0n) is 13.5. The average Bonchev–Trinajstić information content (AvgIpc) is 3.27. The Labute approximate surface area is 136 Å². The zero-order chi connectivity index (χ0) is 16.1. The molecule has 0 radical (unpaired) electrons. The van der Waals surface area contributed by atoms with Gasteiger partial charge in [0.1, 0.15) is 5.75 Å². The van der Waals surface area contributed by atoms with E-state index in [1.54, 1.807) is 13.3 Å². The number of nitrogens with zero attached hydrogens (tertiary/aromatic N) is 1. The number of aromatic nitrogens is 2. The minimum absolute atomic E-state index is 0.142. The van der Waals surface area contributed by atoms with Crippen molar-refractivity contribution in [1.29, 1.82) is 0 Å². The number of ether oxygens (including phenoxy) is 1. The van der Waals surface area contributed by atoms with E-state index in [1.165, 1.54) is 0 Å². The summed E-state index contributed by atoms with van der Waals surface area (Å²) in [6, 6.07) is 7.93. The van der Waals surface area contributed by atoms with Gasteiger partial charge in [-0.2, -0.15) is 5.10 Å². The van der Waals surface area contributed by atoms with Gasteiger partial charge in [0.25, 0.3) is 0 Å². The molecule has 1 aliphatic carbocycles. The standard InChI is InChI=1S/C18H23N3O2/c1-23-16-6-4-15(5-7-16)18(9-2-3-10-18)17(22)19-11-8-14-12-20-21-13-14/h4-7,12-13H,2-3,8-11H2,1H3,(H,19,22)(H,20,21). The first-order valence-corrected chi connectivity index (χ1v) is 8.15. The molecule has 1 heterocycles. The van der Waals surface area contributed by atoms with Crippen molar-refractivity contribution in [1.82, 2.24) is 15.5 Å². The fourth-order valence-electron chi connectivity index (χ4n) is 3.44. The van der Waals surface area contributed by atoms with Gasteiger partial charge in [-0.15, -0.1) is 0 Å². The van der Waals surface area contributed by atoms with Crippen LogP contribution in [-0.2, 0) is 16.6 Å². The lowest BCUT2D eigenvalue weighted by Crippen LogP contribution is -2.43. The highest BCUT2D eigenvalue weighted by Gasteiger charge is 2.42. The van der Waals surface area contributed by atoms with Crippen LogP contribution in [0.4, 0.5) is 0 Å². The van der Waals surface area contributed by atoms with E-state index in [1.807, 2.05) is 30.5 Å². The molecule has 1 aromatic heterocycles. The van der Waals surface area contributed by atoms with Crippen LogP contribution >= 0.6 is 0 Å². The number of amides is 1. The van der Waals surface area contributed by atoms with Gasteiger partial charge in [-0.3, -0.25) is 9.89 Å². The average molecular weight is 313 g/mol. The van der Waals surface area contributed by atoms with Crippen molar-refractivity contribution >= 4 is 5.91 Å². The van der Waals surface area contributed by atoms with Gasteiger partial charge in [0, 0.05) is 12.7 Å². The normalized spacial score (nSPS) is 16.2. The van der Waals surface area contributed by atoms with E-state index in [2.05, 4.69) is 15.5 Å². The SMILES string of the molecule is COc1ccc(C2(C(=O)NCCc3cn[nH]c3)CCCC2)cc1. The fraction of sp³-hybridized carbons (Fsp3) is 0.444. The Bertz CT molecular complexity index is 629. The van der Waals surface area contributed by atoms with Gasteiger partial charge in [0.15, 0.2) is 0 Å². The summed E-state index contributed by atoms with van der Waals surface area (Å²) < 4.78 is 5.22. The third-order valence-electron chi connectivity index (χ3n) is 4.79. The van der Waals surface area contributed by atoms with Crippen LogP contribution in [0.3, 0.4) is 0 Å². The number of hydrogen-bond acceptors (Lipinski definition) is 3. The highest BCUT2D eigenvalue weighted by molar-refractivity contribution is 5.88. The molecule has 0 atom stereocenters. The predicted molar refractivity (Wildman–Crippen MR) is 88.4 cm³/mol. The Morgan fingerprint density at radius 1 is 1.30 bits per heavy atom. The molecule has 1 saturated carbocycles. The number of carbonyl (C=O) groups excluding carboxylic acids is 1. The van der Waals surface area contributed by atoms with Crippen LogP contribution in [-0.4, -0.2) is 29.8 Å². The van der Waals surface area contributed by atoms with Crippen molar-refractivity contribution < 1.29 is 9.53 Å². The lowest BCUT2D eigenvalue weighted by atomic mass is 9.78. The summed E-state index contributed by atoms with van der Waals surface area (Å²) in [6.45, 7) is 0.635. The van der Waals surface area contributed by atoms with Crippen LogP contribution in [0, 0.1) is 0 Å². The summed E-state index contributed by atoms with van der Waals surface area (Å²) in [5.74, 6) is 0.964. The van der Waals surface area contributed by atoms with Crippen LogP contribution in [0.2, 0.25) is 0 Å². The summed E-state index contributed by atoms with van der Waals surface area (Å²) in [5, 5.41) is 9.84. The first-order chi connectivity index (χ1) is 11.2. The van der Waals surface area contributed by atoms with Crippen molar-refractivity contribution in [2.24, 2.45) is 0 Å². The second kappa shape index (κ2) is 6.86. The maximum atomic E-state index is 12.9. The molecule has 0 unspecified atom stereocenters. The third kappa shape index (κ3) is 3.23. The number of nitrogens with one attached hydrogen (secondary N) is 2. The molecule has 0 bridgehead atoms.